The number of methoxy groups -OCH3 is 2. The molecule has 8 atom stereocenters. The Morgan fingerprint density at radius 2 is 1.56 bits per heavy atom. The fourth-order valence-electron chi connectivity index (χ4n) is 10.4. The number of amides is 5. The van der Waals surface area contributed by atoms with Crippen LogP contribution in [0.2, 0.25) is 5.02 Å². The molecule has 4 bridgehead atoms. The van der Waals surface area contributed by atoms with Crippen LogP contribution in [0.4, 0.5) is 16.2 Å². The molecule has 0 radical (unpaired) electrons. The van der Waals surface area contributed by atoms with Crippen molar-refractivity contribution in [2.75, 3.05) is 97.5 Å². The second kappa shape index (κ2) is 31.0. The van der Waals surface area contributed by atoms with E-state index in [1.54, 1.807) is 50.1 Å². The number of allylic oxidation sites excluding steroid dienone is 3. The number of anilines is 2. The van der Waals surface area contributed by atoms with Crippen molar-refractivity contribution in [2.45, 2.75) is 121 Å². The number of nitrogens with zero attached hydrogens (tertiary/aromatic N) is 3. The summed E-state index contributed by atoms with van der Waals surface area (Å²) in [7, 11) is 5.96. The lowest BCUT2D eigenvalue weighted by Crippen LogP contribution is -2.63. The van der Waals surface area contributed by atoms with Crippen molar-refractivity contribution in [2.24, 2.45) is 5.92 Å². The van der Waals surface area contributed by atoms with Gasteiger partial charge in [-0.1, -0.05) is 84.5 Å². The Kier molecular flexibility index (Phi) is 23.9. The number of benzene rings is 3. The van der Waals surface area contributed by atoms with E-state index >= 15 is 0 Å². The lowest BCUT2D eigenvalue weighted by Gasteiger charge is -2.42. The molecular weight excluding hydrogens is 1120 g/mol. The smallest absolute Gasteiger partial charge is 0.409 e. The molecular formula is C63H80ClN5O16. The van der Waals surface area contributed by atoms with Gasteiger partial charge in [0.2, 0.25) is 23.6 Å². The maximum absolute atomic E-state index is 14.3. The Labute approximate surface area is 502 Å². The van der Waals surface area contributed by atoms with Crippen molar-refractivity contribution in [3.63, 3.8) is 0 Å². The molecule has 22 heteroatoms. The Morgan fingerprint density at radius 3 is 2.27 bits per heavy atom. The standard InChI is InChI=1S/C63H80ClN5O16/c1-41-15-13-20-52(78-8)63(76)39-51(83-61(75)66-63)42(2)59-62(4,85-59)53(38-57(73)68(6)49-36-44(35-41)37-50(77-7)58(49)64)84-60(74)43(3)67(5)55(71)21-14-27-79-29-31-81-33-34-82-32-30-80-28-26-65-54(70)24-25-56(72)69-40-47-18-10-9-16-45(47)22-23-46-17-11-12-19-48(46)69/h9-13,15-20,36-37,42-43,51-53,59,76H,14,21,24-35,38-40H2,1-8H3,(H,65,70)(H,66,75)/t42-,43+,51?,52-,53?,59?,62+,63+/m1/s1. The number of esters is 1. The molecule has 3 unspecified atom stereocenters. The van der Waals surface area contributed by atoms with E-state index in [2.05, 4.69) is 22.5 Å². The normalized spacial score (nSPS) is 23.2. The van der Waals surface area contributed by atoms with Crippen molar-refractivity contribution in [3.8, 4) is 17.6 Å². The molecule has 4 aliphatic heterocycles. The van der Waals surface area contributed by atoms with Crippen LogP contribution in [0.3, 0.4) is 0 Å². The average Bonchev–Trinajstić information content (AvgIpc) is 2.64. The Bertz CT molecular complexity index is 2980. The molecule has 3 aromatic carbocycles. The van der Waals surface area contributed by atoms with E-state index < -0.39 is 65.7 Å². The number of carbonyl (C=O) groups excluding carboxylic acids is 6. The van der Waals surface area contributed by atoms with Gasteiger partial charge in [0.15, 0.2) is 5.72 Å². The van der Waals surface area contributed by atoms with Gasteiger partial charge in [-0.3, -0.25) is 24.5 Å². The van der Waals surface area contributed by atoms with Crippen molar-refractivity contribution < 1.29 is 76.5 Å². The van der Waals surface area contributed by atoms with Crippen LogP contribution < -0.4 is 25.2 Å². The molecule has 0 saturated carbocycles. The maximum Gasteiger partial charge on any atom is 0.409 e. The Hall–Kier alpha value is -6.87. The summed E-state index contributed by atoms with van der Waals surface area (Å²) in [6, 6.07) is 17.8. The van der Waals surface area contributed by atoms with E-state index in [1.165, 1.54) is 38.0 Å². The molecule has 0 aromatic heterocycles. The molecule has 3 aromatic rings. The first-order valence-electron chi connectivity index (χ1n) is 28.7. The van der Waals surface area contributed by atoms with Crippen LogP contribution >= 0.6 is 11.6 Å². The highest BCUT2D eigenvalue weighted by Gasteiger charge is 2.64. The van der Waals surface area contributed by atoms with E-state index in [1.807, 2.05) is 61.5 Å². The molecule has 4 heterocycles. The van der Waals surface area contributed by atoms with Crippen LogP contribution in [0, 0.1) is 17.8 Å². The van der Waals surface area contributed by atoms with Crippen LogP contribution in [0.25, 0.3) is 0 Å². The summed E-state index contributed by atoms with van der Waals surface area (Å²) >= 11 is 6.82. The van der Waals surface area contributed by atoms with Gasteiger partial charge >= 0.3 is 12.1 Å². The average molecular weight is 1200 g/mol. The van der Waals surface area contributed by atoms with Gasteiger partial charge in [0.25, 0.3) is 0 Å². The second-order valence-corrected chi connectivity index (χ2v) is 22.1. The molecule has 2 fully saturated rings. The van der Waals surface area contributed by atoms with Crippen LogP contribution in [-0.4, -0.2) is 175 Å². The molecule has 0 aliphatic carbocycles. The van der Waals surface area contributed by atoms with Gasteiger partial charge in [0.1, 0.15) is 40.7 Å². The Morgan fingerprint density at radius 1 is 0.906 bits per heavy atom. The first-order valence-corrected chi connectivity index (χ1v) is 29.1. The predicted octanol–water partition coefficient (Wildman–Crippen LogP) is 6.20. The predicted molar refractivity (Wildman–Crippen MR) is 316 cm³/mol. The summed E-state index contributed by atoms with van der Waals surface area (Å²) in [6.07, 6.45) is 1.13. The van der Waals surface area contributed by atoms with Crippen LogP contribution in [0.15, 0.2) is 84.5 Å². The zero-order valence-electron chi connectivity index (χ0n) is 49.8. The number of likely N-dealkylation sites (N-methyl/N-ethyl adjacent to an activating group) is 1. The van der Waals surface area contributed by atoms with Gasteiger partial charge in [-0.05, 0) is 75.1 Å². The number of epoxide rings is 1. The third-order valence-corrected chi connectivity index (χ3v) is 16.0. The first kappa shape index (κ1) is 65.7. The SMILES string of the molecule is COc1cc2cc(c1Cl)N(C)C(=O)CC(OC(=O)[C@H](C)N(C)C(=O)CCCOCCOCCOCCOCCNC(=O)CCC(=O)N1Cc3ccccc3C#Cc3ccccc31)[C@]1(C)OC1[C@H](C)C1C[C@@](O)(NC(=O)O1)[C@H](OC)C=CC=C(C)C2. The van der Waals surface area contributed by atoms with E-state index in [0.29, 0.717) is 70.4 Å². The number of aliphatic hydroxyl groups is 1. The van der Waals surface area contributed by atoms with Crippen molar-refractivity contribution >= 4 is 58.7 Å². The van der Waals surface area contributed by atoms with Gasteiger partial charge in [0, 0.05) is 77.1 Å². The summed E-state index contributed by atoms with van der Waals surface area (Å²) in [5.41, 5.74) is 2.21. The van der Waals surface area contributed by atoms with Crippen molar-refractivity contribution in [1.82, 2.24) is 15.5 Å². The van der Waals surface area contributed by atoms with Gasteiger partial charge in [-0.2, -0.15) is 0 Å². The zero-order valence-corrected chi connectivity index (χ0v) is 50.5. The minimum absolute atomic E-state index is 0.0409. The minimum atomic E-state index is -1.86. The lowest BCUT2D eigenvalue weighted by atomic mass is 9.83. The number of rotatable bonds is 24. The topological polar surface area (TPSA) is 243 Å². The third kappa shape index (κ3) is 17.6. The summed E-state index contributed by atoms with van der Waals surface area (Å²) in [4.78, 5) is 85.2. The number of hydrogen-bond acceptors (Lipinski definition) is 16. The third-order valence-electron chi connectivity index (χ3n) is 15.6. The largest absolute Gasteiger partial charge is 0.495 e. The zero-order chi connectivity index (χ0) is 61.3. The molecule has 3 N–H and O–H groups in total. The molecule has 5 amide bonds. The second-order valence-electron chi connectivity index (χ2n) is 21.7. The lowest BCUT2D eigenvalue weighted by molar-refractivity contribution is -0.162. The van der Waals surface area contributed by atoms with Crippen molar-refractivity contribution in [1.29, 1.82) is 0 Å². The minimum Gasteiger partial charge on any atom is -0.495 e. The summed E-state index contributed by atoms with van der Waals surface area (Å²) in [5, 5.41) is 17.4. The van der Waals surface area contributed by atoms with E-state index in [4.69, 9.17) is 54.2 Å². The molecule has 4 aliphatic rings. The molecule has 0 spiro atoms. The number of para-hydroxylation sites is 1. The number of halogens is 1. The van der Waals surface area contributed by atoms with E-state index in [0.717, 1.165) is 33.5 Å². The number of carbonyl (C=O) groups is 6. The summed E-state index contributed by atoms with van der Waals surface area (Å²) in [6.45, 7) is 10.0. The number of hydrogen-bond donors (Lipinski definition) is 3. The maximum atomic E-state index is 14.3. The van der Waals surface area contributed by atoms with Gasteiger partial charge < -0.3 is 67.8 Å². The highest BCUT2D eigenvalue weighted by atomic mass is 35.5. The quantitative estimate of drug-likeness (QED) is 0.0391. The van der Waals surface area contributed by atoms with E-state index in [-0.39, 0.29) is 74.7 Å². The number of ether oxygens (including phenoxy) is 9. The number of nitrogens with one attached hydrogen (secondary N) is 2. The molecule has 460 valence electrons. The van der Waals surface area contributed by atoms with Gasteiger partial charge in [-0.25, -0.2) is 9.59 Å². The molecule has 85 heavy (non-hydrogen) atoms. The molecule has 7 rings (SSSR count). The summed E-state index contributed by atoms with van der Waals surface area (Å²) in [5.74, 6) is 4.19. The summed E-state index contributed by atoms with van der Waals surface area (Å²) < 4.78 is 51.9. The van der Waals surface area contributed by atoms with Gasteiger partial charge in [-0.15, -0.1) is 0 Å². The first-order chi connectivity index (χ1) is 40.8. The monoisotopic (exact) mass is 1200 g/mol. The van der Waals surface area contributed by atoms with Crippen LogP contribution in [0.5, 0.6) is 5.75 Å². The van der Waals surface area contributed by atoms with Gasteiger partial charge in [0.05, 0.1) is 83.8 Å². The highest BCUT2D eigenvalue weighted by molar-refractivity contribution is 6.35. The van der Waals surface area contributed by atoms with E-state index in [9.17, 15) is 33.9 Å². The molecule has 21 nitrogen and oxygen atoms in total. The highest BCUT2D eigenvalue weighted by Crippen LogP contribution is 2.49. The fraction of sp³-hybridized carbons (Fsp3) is 0.524. The fourth-order valence-corrected chi connectivity index (χ4v) is 10.7. The van der Waals surface area contributed by atoms with Crippen LogP contribution in [0.1, 0.15) is 88.5 Å². The van der Waals surface area contributed by atoms with Crippen molar-refractivity contribution in [3.05, 3.63) is 112 Å². The molecule has 2 saturated heterocycles. The Balaban J connectivity index is 0.793. The number of fused-ring (bicyclic) bond motifs is 7. The number of alkyl carbamates (subject to hydrolysis) is 1. The van der Waals surface area contributed by atoms with Crippen LogP contribution in [-0.2, 0) is 74.8 Å².